The Morgan fingerprint density at radius 2 is 2.06 bits per heavy atom. The zero-order valence-electron chi connectivity index (χ0n) is 8.56. The van der Waals surface area contributed by atoms with Gasteiger partial charge in [-0.2, -0.15) is 0 Å². The van der Waals surface area contributed by atoms with E-state index >= 15 is 0 Å². The lowest BCUT2D eigenvalue weighted by Crippen LogP contribution is -1.94. The fourth-order valence-corrected chi connectivity index (χ4v) is 3.33. The molecule has 0 fully saturated rings. The zero-order valence-corrected chi connectivity index (χ0v) is 11.0. The molecule has 0 N–H and O–H groups in total. The van der Waals surface area contributed by atoms with Crippen molar-refractivity contribution in [3.05, 3.63) is 57.3 Å². The van der Waals surface area contributed by atoms with Crippen molar-refractivity contribution in [2.75, 3.05) is 0 Å². The molecular weight excluding hydrogens is 282 g/mol. The van der Waals surface area contributed by atoms with E-state index in [1.807, 2.05) is 0 Å². The number of thiophene rings is 1. The molecule has 0 unspecified atom stereocenters. The van der Waals surface area contributed by atoms with Gasteiger partial charge in [-0.25, -0.2) is 0 Å². The first kappa shape index (κ1) is 10.1. The number of rotatable bonds is 2. The molecule has 0 atom stereocenters. The Labute approximate surface area is 106 Å². The van der Waals surface area contributed by atoms with E-state index in [1.165, 1.54) is 20.3 Å². The van der Waals surface area contributed by atoms with Gasteiger partial charge in [-0.05, 0) is 39.5 Å². The number of benzene rings is 1. The van der Waals surface area contributed by atoms with Gasteiger partial charge >= 0.3 is 0 Å². The standard InChI is InChI=1S/C13H10BrNS/c14-11-7-12(16-9-11)8-15-6-5-10-3-1-2-4-13(10)15/h1-7,9H,8H2. The van der Waals surface area contributed by atoms with Crippen LogP contribution in [0.5, 0.6) is 0 Å². The Morgan fingerprint density at radius 3 is 2.88 bits per heavy atom. The molecule has 0 saturated heterocycles. The molecule has 0 radical (unpaired) electrons. The summed E-state index contributed by atoms with van der Waals surface area (Å²) in [5, 5.41) is 3.43. The van der Waals surface area contributed by atoms with Gasteiger partial charge in [0.15, 0.2) is 0 Å². The monoisotopic (exact) mass is 291 g/mol. The van der Waals surface area contributed by atoms with Gasteiger partial charge < -0.3 is 4.57 Å². The molecule has 1 aromatic carbocycles. The van der Waals surface area contributed by atoms with E-state index in [9.17, 15) is 0 Å². The topological polar surface area (TPSA) is 4.93 Å². The Balaban J connectivity index is 2.00. The number of para-hydroxylation sites is 1. The second-order valence-electron chi connectivity index (χ2n) is 3.73. The number of nitrogens with zero attached hydrogens (tertiary/aromatic N) is 1. The predicted molar refractivity (Wildman–Crippen MR) is 73.1 cm³/mol. The Bertz CT molecular complexity index is 623. The van der Waals surface area contributed by atoms with Gasteiger partial charge in [-0.3, -0.25) is 0 Å². The quantitative estimate of drug-likeness (QED) is 0.654. The van der Waals surface area contributed by atoms with Crippen molar-refractivity contribution < 1.29 is 0 Å². The van der Waals surface area contributed by atoms with Gasteiger partial charge in [0, 0.05) is 26.4 Å². The highest BCUT2D eigenvalue weighted by molar-refractivity contribution is 9.10. The second kappa shape index (κ2) is 4.07. The molecule has 0 amide bonds. The van der Waals surface area contributed by atoms with E-state index in [0.29, 0.717) is 0 Å². The molecular formula is C13H10BrNS. The summed E-state index contributed by atoms with van der Waals surface area (Å²) in [5.41, 5.74) is 1.30. The third kappa shape index (κ3) is 1.81. The molecule has 3 rings (SSSR count). The summed E-state index contributed by atoms with van der Waals surface area (Å²) in [6, 6.07) is 12.8. The molecule has 0 aliphatic heterocycles. The summed E-state index contributed by atoms with van der Waals surface area (Å²) in [4.78, 5) is 1.37. The molecule has 1 nitrogen and oxygen atoms in total. The molecule has 3 heteroatoms. The molecule has 0 spiro atoms. The smallest absolute Gasteiger partial charge is 0.0569 e. The molecule has 80 valence electrons. The number of hydrogen-bond acceptors (Lipinski definition) is 1. The van der Waals surface area contributed by atoms with E-state index in [1.54, 1.807) is 11.3 Å². The Hall–Kier alpha value is -1.06. The third-order valence-corrected chi connectivity index (χ3v) is 4.31. The highest BCUT2D eigenvalue weighted by Crippen LogP contribution is 2.23. The van der Waals surface area contributed by atoms with Crippen LogP contribution in [-0.2, 0) is 6.54 Å². The van der Waals surface area contributed by atoms with E-state index in [2.05, 4.69) is 68.5 Å². The first-order valence-corrected chi connectivity index (χ1v) is 6.77. The molecule has 0 aliphatic carbocycles. The Kier molecular flexibility index (Phi) is 2.58. The molecule has 3 aromatic rings. The van der Waals surface area contributed by atoms with Crippen molar-refractivity contribution in [2.24, 2.45) is 0 Å². The van der Waals surface area contributed by atoms with Crippen LogP contribution >= 0.6 is 27.3 Å². The van der Waals surface area contributed by atoms with Crippen molar-refractivity contribution in [3.8, 4) is 0 Å². The van der Waals surface area contributed by atoms with Gasteiger partial charge in [0.05, 0.1) is 6.54 Å². The van der Waals surface area contributed by atoms with E-state index in [0.717, 1.165) is 6.54 Å². The molecule has 0 saturated carbocycles. The average molecular weight is 292 g/mol. The number of fused-ring (bicyclic) bond motifs is 1. The van der Waals surface area contributed by atoms with Crippen molar-refractivity contribution >= 4 is 38.2 Å². The fraction of sp³-hybridized carbons (Fsp3) is 0.0769. The SMILES string of the molecule is Brc1csc(Cn2ccc3ccccc32)c1. The number of halogens is 1. The highest BCUT2D eigenvalue weighted by Gasteiger charge is 2.02. The minimum Gasteiger partial charge on any atom is -0.342 e. The first-order chi connectivity index (χ1) is 7.83. The van der Waals surface area contributed by atoms with Gasteiger partial charge in [0.1, 0.15) is 0 Å². The van der Waals surface area contributed by atoms with Crippen LogP contribution in [0, 0.1) is 0 Å². The number of hydrogen-bond donors (Lipinski definition) is 0. The summed E-state index contributed by atoms with van der Waals surface area (Å²) in [6.45, 7) is 0.948. The lowest BCUT2D eigenvalue weighted by Gasteiger charge is -2.02. The normalized spacial score (nSPS) is 11.1. The van der Waals surface area contributed by atoms with E-state index in [4.69, 9.17) is 0 Å². The van der Waals surface area contributed by atoms with Crippen molar-refractivity contribution in [2.45, 2.75) is 6.54 Å². The van der Waals surface area contributed by atoms with Crippen LogP contribution in [0.1, 0.15) is 4.88 Å². The molecule has 16 heavy (non-hydrogen) atoms. The maximum absolute atomic E-state index is 3.49. The van der Waals surface area contributed by atoms with Crippen LogP contribution in [0.4, 0.5) is 0 Å². The van der Waals surface area contributed by atoms with E-state index in [-0.39, 0.29) is 0 Å². The maximum atomic E-state index is 3.49. The van der Waals surface area contributed by atoms with Crippen LogP contribution in [0.25, 0.3) is 10.9 Å². The van der Waals surface area contributed by atoms with Gasteiger partial charge in [0.25, 0.3) is 0 Å². The highest BCUT2D eigenvalue weighted by atomic mass is 79.9. The minimum absolute atomic E-state index is 0.948. The van der Waals surface area contributed by atoms with Crippen LogP contribution in [0.3, 0.4) is 0 Å². The van der Waals surface area contributed by atoms with Crippen molar-refractivity contribution in [3.63, 3.8) is 0 Å². The van der Waals surface area contributed by atoms with Crippen LogP contribution < -0.4 is 0 Å². The van der Waals surface area contributed by atoms with Gasteiger partial charge in [-0.15, -0.1) is 11.3 Å². The Morgan fingerprint density at radius 1 is 1.19 bits per heavy atom. The molecule has 2 heterocycles. The maximum Gasteiger partial charge on any atom is 0.0569 e. The first-order valence-electron chi connectivity index (χ1n) is 5.10. The summed E-state index contributed by atoms with van der Waals surface area (Å²) in [7, 11) is 0. The van der Waals surface area contributed by atoms with Crippen molar-refractivity contribution in [1.82, 2.24) is 4.57 Å². The predicted octanol–water partition coefficient (Wildman–Crippen LogP) is 4.51. The lowest BCUT2D eigenvalue weighted by atomic mass is 10.2. The second-order valence-corrected chi connectivity index (χ2v) is 5.65. The number of aromatic nitrogens is 1. The summed E-state index contributed by atoms with van der Waals surface area (Å²) >= 11 is 5.28. The van der Waals surface area contributed by atoms with Gasteiger partial charge in [-0.1, -0.05) is 18.2 Å². The summed E-state index contributed by atoms with van der Waals surface area (Å²) in [6.07, 6.45) is 2.15. The summed E-state index contributed by atoms with van der Waals surface area (Å²) in [5.74, 6) is 0. The zero-order chi connectivity index (χ0) is 11.0. The average Bonchev–Trinajstić information content (AvgIpc) is 2.87. The van der Waals surface area contributed by atoms with Crippen LogP contribution in [-0.4, -0.2) is 4.57 Å². The lowest BCUT2D eigenvalue weighted by molar-refractivity contribution is 0.851. The fourth-order valence-electron chi connectivity index (χ4n) is 1.88. The van der Waals surface area contributed by atoms with E-state index < -0.39 is 0 Å². The van der Waals surface area contributed by atoms with Crippen LogP contribution in [0.2, 0.25) is 0 Å². The molecule has 2 aromatic heterocycles. The van der Waals surface area contributed by atoms with Gasteiger partial charge in [0.2, 0.25) is 0 Å². The third-order valence-electron chi connectivity index (χ3n) is 2.63. The molecule has 0 aliphatic rings. The summed E-state index contributed by atoms with van der Waals surface area (Å²) < 4.78 is 3.46. The van der Waals surface area contributed by atoms with Crippen molar-refractivity contribution in [1.29, 1.82) is 0 Å². The largest absolute Gasteiger partial charge is 0.342 e. The van der Waals surface area contributed by atoms with Crippen LogP contribution in [0.15, 0.2) is 52.4 Å². The molecule has 0 bridgehead atoms. The minimum atomic E-state index is 0.948.